The van der Waals surface area contributed by atoms with Crippen molar-refractivity contribution in [2.24, 2.45) is 11.8 Å². The summed E-state index contributed by atoms with van der Waals surface area (Å²) in [6, 6.07) is 4.67. The molecule has 0 saturated carbocycles. The van der Waals surface area contributed by atoms with Crippen LogP contribution in [0.1, 0.15) is 12.0 Å². The molecule has 1 fully saturated rings. The lowest BCUT2D eigenvalue weighted by Gasteiger charge is -2.23. The van der Waals surface area contributed by atoms with E-state index in [1.165, 1.54) is 12.1 Å². The van der Waals surface area contributed by atoms with E-state index >= 15 is 0 Å². The highest BCUT2D eigenvalue weighted by Gasteiger charge is 2.33. The summed E-state index contributed by atoms with van der Waals surface area (Å²) in [5, 5.41) is 3.14. The first-order valence-electron chi connectivity index (χ1n) is 6.70. The summed E-state index contributed by atoms with van der Waals surface area (Å²) in [4.78, 5) is 0. The summed E-state index contributed by atoms with van der Waals surface area (Å²) in [6.45, 7) is 0.768. The van der Waals surface area contributed by atoms with Crippen LogP contribution in [0.4, 0.5) is 4.39 Å². The van der Waals surface area contributed by atoms with E-state index in [2.05, 4.69) is 21.2 Å². The van der Waals surface area contributed by atoms with Gasteiger partial charge in [0.15, 0.2) is 9.84 Å². The van der Waals surface area contributed by atoms with Crippen LogP contribution in [0.3, 0.4) is 0 Å². The molecule has 0 bridgehead atoms. The molecule has 1 aromatic rings. The maximum absolute atomic E-state index is 13.1. The molecule has 3 nitrogen and oxygen atoms in total. The van der Waals surface area contributed by atoms with Crippen LogP contribution in [0.2, 0.25) is 0 Å². The second kappa shape index (κ2) is 6.54. The zero-order chi connectivity index (χ0) is 14.8. The molecular formula is C14H19BrFNO2S. The second-order valence-corrected chi connectivity index (χ2v) is 8.50. The molecule has 1 N–H and O–H groups in total. The molecule has 0 radical (unpaired) electrons. The molecule has 0 aliphatic carbocycles. The molecule has 2 unspecified atom stereocenters. The summed E-state index contributed by atoms with van der Waals surface area (Å²) < 4.78 is 37.1. The van der Waals surface area contributed by atoms with Gasteiger partial charge < -0.3 is 5.32 Å². The third-order valence-corrected chi connectivity index (χ3v) is 6.43. The van der Waals surface area contributed by atoms with Gasteiger partial charge in [0.05, 0.1) is 11.5 Å². The van der Waals surface area contributed by atoms with Crippen molar-refractivity contribution in [2.75, 3.05) is 25.1 Å². The minimum absolute atomic E-state index is 0.185. The Morgan fingerprint density at radius 2 is 2.25 bits per heavy atom. The quantitative estimate of drug-likeness (QED) is 0.873. The molecule has 0 amide bonds. The first-order chi connectivity index (χ1) is 9.41. The molecule has 1 aliphatic heterocycles. The third kappa shape index (κ3) is 4.02. The van der Waals surface area contributed by atoms with E-state index in [0.29, 0.717) is 5.75 Å². The van der Waals surface area contributed by atoms with Crippen LogP contribution >= 0.6 is 15.9 Å². The lowest BCUT2D eigenvalue weighted by Crippen LogP contribution is -2.28. The number of hydrogen-bond donors (Lipinski definition) is 1. The number of sulfone groups is 1. The molecule has 1 aliphatic rings. The topological polar surface area (TPSA) is 46.2 Å². The number of hydrogen-bond acceptors (Lipinski definition) is 3. The van der Waals surface area contributed by atoms with Crippen LogP contribution in [-0.4, -0.2) is 33.5 Å². The molecule has 1 aromatic carbocycles. The van der Waals surface area contributed by atoms with Crippen molar-refractivity contribution >= 4 is 25.8 Å². The van der Waals surface area contributed by atoms with Gasteiger partial charge in [-0.15, -0.1) is 0 Å². The van der Waals surface area contributed by atoms with Gasteiger partial charge in [-0.25, -0.2) is 12.8 Å². The van der Waals surface area contributed by atoms with Crippen molar-refractivity contribution in [3.63, 3.8) is 0 Å². The van der Waals surface area contributed by atoms with E-state index in [1.807, 2.05) is 7.05 Å². The molecule has 1 heterocycles. The van der Waals surface area contributed by atoms with E-state index in [-0.39, 0.29) is 23.4 Å². The van der Waals surface area contributed by atoms with Gasteiger partial charge >= 0.3 is 0 Å². The van der Waals surface area contributed by atoms with Gasteiger partial charge in [-0.05, 0) is 56.0 Å². The largest absolute Gasteiger partial charge is 0.319 e. The van der Waals surface area contributed by atoms with Crippen molar-refractivity contribution in [3.8, 4) is 0 Å². The summed E-state index contributed by atoms with van der Waals surface area (Å²) in [7, 11) is -0.996. The van der Waals surface area contributed by atoms with Crippen molar-refractivity contribution in [1.29, 1.82) is 0 Å². The molecule has 2 rings (SSSR count). The Bertz CT molecular complexity index is 577. The Labute approximate surface area is 128 Å². The van der Waals surface area contributed by atoms with E-state index < -0.39 is 9.84 Å². The summed E-state index contributed by atoms with van der Waals surface area (Å²) in [6.07, 6.45) is 1.48. The first-order valence-corrected chi connectivity index (χ1v) is 9.31. The van der Waals surface area contributed by atoms with E-state index in [0.717, 1.165) is 29.4 Å². The van der Waals surface area contributed by atoms with Gasteiger partial charge in [-0.2, -0.15) is 0 Å². The van der Waals surface area contributed by atoms with Gasteiger partial charge in [0.2, 0.25) is 0 Å². The van der Waals surface area contributed by atoms with Crippen molar-refractivity contribution in [3.05, 3.63) is 34.1 Å². The molecule has 0 aromatic heterocycles. The smallest absolute Gasteiger partial charge is 0.150 e. The normalized spacial score (nSPS) is 22.9. The van der Waals surface area contributed by atoms with Gasteiger partial charge in [0.1, 0.15) is 5.82 Å². The first kappa shape index (κ1) is 15.9. The summed E-state index contributed by atoms with van der Waals surface area (Å²) >= 11 is 3.38. The second-order valence-electron chi connectivity index (χ2n) is 5.42. The predicted octanol–water partition coefficient (Wildman–Crippen LogP) is 2.40. The van der Waals surface area contributed by atoms with Crippen LogP contribution in [-0.2, 0) is 16.3 Å². The fraction of sp³-hybridized carbons (Fsp3) is 0.571. The zero-order valence-corrected chi connectivity index (χ0v) is 13.8. The molecule has 1 saturated heterocycles. The molecule has 112 valence electrons. The molecular weight excluding hydrogens is 345 g/mol. The zero-order valence-electron chi connectivity index (χ0n) is 11.4. The number of rotatable bonds is 5. The van der Waals surface area contributed by atoms with E-state index in [4.69, 9.17) is 0 Å². The van der Waals surface area contributed by atoms with Crippen LogP contribution in [0, 0.1) is 17.7 Å². The number of halogens is 2. The predicted molar refractivity (Wildman–Crippen MR) is 82.0 cm³/mol. The molecule has 20 heavy (non-hydrogen) atoms. The lowest BCUT2D eigenvalue weighted by atomic mass is 9.86. The fourth-order valence-corrected chi connectivity index (χ4v) is 5.27. The van der Waals surface area contributed by atoms with Gasteiger partial charge in [0.25, 0.3) is 0 Å². The van der Waals surface area contributed by atoms with Crippen molar-refractivity contribution < 1.29 is 12.8 Å². The Kier molecular flexibility index (Phi) is 5.20. The van der Waals surface area contributed by atoms with E-state index in [1.54, 1.807) is 6.07 Å². The van der Waals surface area contributed by atoms with Crippen molar-refractivity contribution in [2.45, 2.75) is 12.8 Å². The van der Waals surface area contributed by atoms with Gasteiger partial charge in [0, 0.05) is 4.47 Å². The van der Waals surface area contributed by atoms with Crippen LogP contribution in [0.5, 0.6) is 0 Å². The highest BCUT2D eigenvalue weighted by Crippen LogP contribution is 2.30. The minimum atomic E-state index is -2.87. The Morgan fingerprint density at radius 3 is 2.80 bits per heavy atom. The average molecular weight is 364 g/mol. The Morgan fingerprint density at radius 1 is 1.50 bits per heavy atom. The fourth-order valence-electron chi connectivity index (χ4n) is 2.83. The van der Waals surface area contributed by atoms with Gasteiger partial charge in [-0.1, -0.05) is 22.0 Å². The SMILES string of the molecule is CNCC(Cc1ccc(F)cc1Br)C1CCS(=O)(=O)C1. The highest BCUT2D eigenvalue weighted by atomic mass is 79.9. The number of nitrogens with one attached hydrogen (secondary N) is 1. The van der Waals surface area contributed by atoms with Crippen LogP contribution in [0.15, 0.2) is 22.7 Å². The monoisotopic (exact) mass is 363 g/mol. The Hall–Kier alpha value is -0.460. The van der Waals surface area contributed by atoms with Crippen LogP contribution < -0.4 is 5.32 Å². The number of benzene rings is 1. The summed E-state index contributed by atoms with van der Waals surface area (Å²) in [5.74, 6) is 0.735. The van der Waals surface area contributed by atoms with Gasteiger partial charge in [-0.3, -0.25) is 0 Å². The molecule has 0 spiro atoms. The molecule has 6 heteroatoms. The van der Waals surface area contributed by atoms with Crippen molar-refractivity contribution in [1.82, 2.24) is 5.32 Å². The summed E-state index contributed by atoms with van der Waals surface area (Å²) in [5.41, 5.74) is 1.02. The van der Waals surface area contributed by atoms with Crippen LogP contribution in [0.25, 0.3) is 0 Å². The maximum atomic E-state index is 13.1. The minimum Gasteiger partial charge on any atom is -0.319 e. The maximum Gasteiger partial charge on any atom is 0.150 e. The average Bonchev–Trinajstić information content (AvgIpc) is 2.72. The standard InChI is InChI=1S/C14H19BrFNO2S/c1-17-8-12(11-4-5-20(18,19)9-11)6-10-2-3-13(16)7-14(10)15/h2-3,7,11-12,17H,4-6,8-9H2,1H3. The Balaban J connectivity index is 2.13. The third-order valence-electron chi connectivity index (χ3n) is 3.90. The lowest BCUT2D eigenvalue weighted by molar-refractivity contribution is 0.351. The highest BCUT2D eigenvalue weighted by molar-refractivity contribution is 9.10. The van der Waals surface area contributed by atoms with E-state index in [9.17, 15) is 12.8 Å². The molecule has 2 atom stereocenters.